The van der Waals surface area contributed by atoms with E-state index in [0.29, 0.717) is 6.04 Å². The molecule has 0 spiro atoms. The lowest BCUT2D eigenvalue weighted by molar-refractivity contribution is 0.119. The van der Waals surface area contributed by atoms with E-state index in [2.05, 4.69) is 44.6 Å². The summed E-state index contributed by atoms with van der Waals surface area (Å²) in [5.41, 5.74) is 4.38. The Kier molecular flexibility index (Phi) is 4.52. The summed E-state index contributed by atoms with van der Waals surface area (Å²) in [6.45, 7) is 9.17. The summed E-state index contributed by atoms with van der Waals surface area (Å²) in [6.07, 6.45) is 7.57. The van der Waals surface area contributed by atoms with E-state index < -0.39 is 0 Å². The zero-order valence-electron chi connectivity index (χ0n) is 13.8. The van der Waals surface area contributed by atoms with Crippen molar-refractivity contribution in [3.8, 4) is 0 Å². The Morgan fingerprint density at radius 3 is 2.64 bits per heavy atom. The molecule has 0 amide bonds. The molecule has 0 radical (unpaired) electrons. The molecule has 0 saturated carbocycles. The van der Waals surface area contributed by atoms with E-state index in [0.717, 1.165) is 36.7 Å². The first-order valence-electron chi connectivity index (χ1n) is 8.14. The minimum atomic E-state index is 0.537. The van der Waals surface area contributed by atoms with Crippen molar-refractivity contribution < 1.29 is 0 Å². The van der Waals surface area contributed by atoms with Gasteiger partial charge in [0.15, 0.2) is 0 Å². The molecule has 2 aromatic rings. The van der Waals surface area contributed by atoms with Crippen LogP contribution in [0.1, 0.15) is 42.0 Å². The van der Waals surface area contributed by atoms with Gasteiger partial charge in [-0.1, -0.05) is 6.42 Å². The molecule has 1 aliphatic heterocycles. The number of aromatic nitrogens is 4. The van der Waals surface area contributed by atoms with E-state index in [1.807, 2.05) is 19.3 Å². The van der Waals surface area contributed by atoms with Crippen LogP contribution in [0.4, 0.5) is 0 Å². The highest BCUT2D eigenvalue weighted by molar-refractivity contribution is 5.07. The van der Waals surface area contributed by atoms with E-state index in [-0.39, 0.29) is 0 Å². The van der Waals surface area contributed by atoms with Gasteiger partial charge in [-0.15, -0.1) is 0 Å². The van der Waals surface area contributed by atoms with Crippen LogP contribution in [0.25, 0.3) is 0 Å². The molecule has 3 heterocycles. The molecule has 0 unspecified atom stereocenters. The fraction of sp³-hybridized carbons (Fsp3) is 0.588. The predicted molar refractivity (Wildman–Crippen MR) is 86.5 cm³/mol. The summed E-state index contributed by atoms with van der Waals surface area (Å²) >= 11 is 0. The number of hydrogen-bond acceptors (Lipinski definition) is 4. The maximum absolute atomic E-state index is 4.62. The summed E-state index contributed by atoms with van der Waals surface area (Å²) in [7, 11) is 0. The SMILES string of the molecule is Cc1cnc(CN2CCCC[C@@H]2Cn2nc(C)cc2C)cn1. The summed E-state index contributed by atoms with van der Waals surface area (Å²) in [6, 6.07) is 2.69. The Labute approximate surface area is 132 Å². The van der Waals surface area contributed by atoms with Gasteiger partial charge >= 0.3 is 0 Å². The third-order valence-electron chi connectivity index (χ3n) is 4.44. The van der Waals surface area contributed by atoms with Gasteiger partial charge in [0.05, 0.1) is 23.6 Å². The van der Waals surface area contributed by atoms with Crippen molar-refractivity contribution in [3.05, 3.63) is 41.2 Å². The largest absolute Gasteiger partial charge is 0.293 e. The molecule has 3 rings (SSSR count). The molecule has 2 aromatic heterocycles. The molecule has 5 heteroatoms. The van der Waals surface area contributed by atoms with Crippen LogP contribution in [0.2, 0.25) is 0 Å². The van der Waals surface area contributed by atoms with Gasteiger partial charge in [-0.3, -0.25) is 19.5 Å². The van der Waals surface area contributed by atoms with Crippen LogP contribution < -0.4 is 0 Å². The quantitative estimate of drug-likeness (QED) is 0.871. The first-order chi connectivity index (χ1) is 10.6. The monoisotopic (exact) mass is 299 g/mol. The van der Waals surface area contributed by atoms with Gasteiger partial charge in [0.25, 0.3) is 0 Å². The van der Waals surface area contributed by atoms with Gasteiger partial charge < -0.3 is 0 Å². The molecule has 0 aromatic carbocycles. The zero-order chi connectivity index (χ0) is 15.5. The number of nitrogens with zero attached hydrogens (tertiary/aromatic N) is 5. The third kappa shape index (κ3) is 3.53. The van der Waals surface area contributed by atoms with Crippen molar-refractivity contribution in [3.63, 3.8) is 0 Å². The minimum Gasteiger partial charge on any atom is -0.293 e. The number of aryl methyl sites for hydroxylation is 3. The maximum Gasteiger partial charge on any atom is 0.0727 e. The molecule has 0 aliphatic carbocycles. The van der Waals surface area contributed by atoms with Crippen LogP contribution in [0.15, 0.2) is 18.5 Å². The van der Waals surface area contributed by atoms with Gasteiger partial charge in [-0.05, 0) is 46.2 Å². The molecule has 22 heavy (non-hydrogen) atoms. The fourth-order valence-corrected chi connectivity index (χ4v) is 3.24. The molecular weight excluding hydrogens is 274 g/mol. The number of rotatable bonds is 4. The van der Waals surface area contributed by atoms with Crippen LogP contribution in [-0.2, 0) is 13.1 Å². The number of piperidine rings is 1. The normalized spacial score (nSPS) is 19.5. The fourth-order valence-electron chi connectivity index (χ4n) is 3.24. The van der Waals surface area contributed by atoms with Gasteiger partial charge in [-0.25, -0.2) is 0 Å². The van der Waals surface area contributed by atoms with Crippen LogP contribution >= 0.6 is 0 Å². The first kappa shape index (κ1) is 15.2. The topological polar surface area (TPSA) is 46.8 Å². The highest BCUT2D eigenvalue weighted by Crippen LogP contribution is 2.21. The van der Waals surface area contributed by atoms with E-state index >= 15 is 0 Å². The average Bonchev–Trinajstić information content (AvgIpc) is 2.81. The molecular formula is C17H25N5. The van der Waals surface area contributed by atoms with E-state index in [1.54, 1.807) is 0 Å². The predicted octanol–water partition coefficient (Wildman–Crippen LogP) is 2.65. The highest BCUT2D eigenvalue weighted by Gasteiger charge is 2.24. The van der Waals surface area contributed by atoms with Crippen molar-refractivity contribution in [1.82, 2.24) is 24.6 Å². The molecule has 1 fully saturated rings. The van der Waals surface area contributed by atoms with Crippen LogP contribution in [-0.4, -0.2) is 37.2 Å². The minimum absolute atomic E-state index is 0.537. The van der Waals surface area contributed by atoms with Crippen molar-refractivity contribution in [1.29, 1.82) is 0 Å². The number of hydrogen-bond donors (Lipinski definition) is 0. The second kappa shape index (κ2) is 6.57. The molecule has 0 N–H and O–H groups in total. The lowest BCUT2D eigenvalue weighted by Gasteiger charge is -2.35. The molecule has 1 aliphatic rings. The highest BCUT2D eigenvalue weighted by atomic mass is 15.3. The van der Waals surface area contributed by atoms with Crippen molar-refractivity contribution in [2.75, 3.05) is 6.54 Å². The second-order valence-electron chi connectivity index (χ2n) is 6.38. The summed E-state index contributed by atoms with van der Waals surface area (Å²) < 4.78 is 2.15. The summed E-state index contributed by atoms with van der Waals surface area (Å²) in [5.74, 6) is 0. The van der Waals surface area contributed by atoms with Crippen LogP contribution in [0.5, 0.6) is 0 Å². The Morgan fingerprint density at radius 1 is 1.09 bits per heavy atom. The van der Waals surface area contributed by atoms with Gasteiger partial charge in [0.1, 0.15) is 0 Å². The summed E-state index contributed by atoms with van der Waals surface area (Å²) in [5, 5.41) is 4.62. The average molecular weight is 299 g/mol. The Morgan fingerprint density at radius 2 is 1.95 bits per heavy atom. The molecule has 1 atom stereocenters. The standard InChI is InChI=1S/C17H25N5/c1-13-8-15(3)22(20-13)12-17-6-4-5-7-21(17)11-16-10-18-14(2)9-19-16/h8-10,17H,4-7,11-12H2,1-3H3/t17-/m1/s1. The molecule has 118 valence electrons. The Bertz CT molecular complexity index is 616. The molecule has 0 bridgehead atoms. The van der Waals surface area contributed by atoms with Crippen molar-refractivity contribution in [2.24, 2.45) is 0 Å². The van der Waals surface area contributed by atoms with E-state index in [9.17, 15) is 0 Å². The maximum atomic E-state index is 4.62. The van der Waals surface area contributed by atoms with Crippen molar-refractivity contribution >= 4 is 0 Å². The lowest BCUT2D eigenvalue weighted by Crippen LogP contribution is -2.42. The van der Waals surface area contributed by atoms with Gasteiger partial charge in [-0.2, -0.15) is 5.10 Å². The van der Waals surface area contributed by atoms with E-state index in [4.69, 9.17) is 0 Å². The Balaban J connectivity index is 1.70. The number of likely N-dealkylation sites (tertiary alicyclic amines) is 1. The lowest BCUT2D eigenvalue weighted by atomic mass is 10.0. The first-order valence-corrected chi connectivity index (χ1v) is 8.14. The van der Waals surface area contributed by atoms with E-state index in [1.165, 1.54) is 25.0 Å². The zero-order valence-corrected chi connectivity index (χ0v) is 13.8. The van der Waals surface area contributed by atoms with Crippen LogP contribution in [0, 0.1) is 20.8 Å². The molecule has 1 saturated heterocycles. The smallest absolute Gasteiger partial charge is 0.0727 e. The van der Waals surface area contributed by atoms with Crippen LogP contribution in [0.3, 0.4) is 0 Å². The van der Waals surface area contributed by atoms with Gasteiger partial charge in [0, 0.05) is 30.7 Å². The van der Waals surface area contributed by atoms with Gasteiger partial charge in [0.2, 0.25) is 0 Å². The summed E-state index contributed by atoms with van der Waals surface area (Å²) in [4.78, 5) is 11.4. The Hall–Kier alpha value is -1.75. The third-order valence-corrected chi connectivity index (χ3v) is 4.44. The molecule has 5 nitrogen and oxygen atoms in total. The second-order valence-corrected chi connectivity index (χ2v) is 6.38. The van der Waals surface area contributed by atoms with Crippen molar-refractivity contribution in [2.45, 2.75) is 59.2 Å².